The molecule has 0 radical (unpaired) electrons. The van der Waals surface area contributed by atoms with Gasteiger partial charge in [-0.1, -0.05) is 66.4 Å². The number of para-hydroxylation sites is 1. The fraction of sp³-hybridized carbons (Fsp3) is 0.0625. The van der Waals surface area contributed by atoms with Gasteiger partial charge in [-0.25, -0.2) is 0 Å². The molecule has 2 nitrogen and oxygen atoms in total. The zero-order valence-electron chi connectivity index (χ0n) is 10.5. The molecule has 3 heteroatoms. The van der Waals surface area contributed by atoms with Crippen LogP contribution >= 0.6 is 11.8 Å². The highest BCUT2D eigenvalue weighted by Gasteiger charge is 2.13. The van der Waals surface area contributed by atoms with Gasteiger partial charge < -0.3 is 5.32 Å². The molecule has 0 fully saturated rings. The third kappa shape index (κ3) is 4.00. The fourth-order valence-electron chi connectivity index (χ4n) is 1.68. The van der Waals surface area contributed by atoms with E-state index in [2.05, 4.69) is 11.9 Å². The lowest BCUT2D eigenvalue weighted by molar-refractivity contribution is 0.269. The van der Waals surface area contributed by atoms with E-state index in [1.54, 1.807) is 6.08 Å². The number of carbonyl (C=O) groups is 1. The quantitative estimate of drug-likeness (QED) is 0.801. The largest absolute Gasteiger partial charge is 0.317 e. The number of hydrogen-bond acceptors (Lipinski definition) is 2. The number of thioether (sulfide) groups is 1. The van der Waals surface area contributed by atoms with Gasteiger partial charge in [-0.15, -0.1) is 6.58 Å². The molecule has 0 aliphatic heterocycles. The second-order valence-electron chi connectivity index (χ2n) is 3.96. The number of benzene rings is 2. The Morgan fingerprint density at radius 1 is 1.05 bits per heavy atom. The van der Waals surface area contributed by atoms with Gasteiger partial charge in [-0.3, -0.25) is 4.79 Å². The van der Waals surface area contributed by atoms with Crippen LogP contribution in [0.15, 0.2) is 73.3 Å². The Labute approximate surface area is 117 Å². The lowest BCUT2D eigenvalue weighted by Gasteiger charge is -2.12. The standard InChI is InChI=1S/C16H15NOS/c1-2-15(13-9-5-3-6-10-13)19-16(18)17-14-11-7-4-8-12-14/h2-12,15H,1H2,(H,17,18)/t15-/m0/s1. The maximum absolute atomic E-state index is 12.0. The SMILES string of the molecule is C=C[C@H](SC(=O)Nc1ccccc1)c1ccccc1. The second kappa shape index (κ2) is 6.81. The summed E-state index contributed by atoms with van der Waals surface area (Å²) in [5, 5.41) is 2.73. The summed E-state index contributed by atoms with van der Waals surface area (Å²) in [6, 6.07) is 19.3. The first-order valence-corrected chi connectivity index (χ1v) is 6.88. The van der Waals surface area contributed by atoms with Crippen molar-refractivity contribution >= 4 is 22.7 Å². The normalized spacial score (nSPS) is 11.6. The van der Waals surface area contributed by atoms with E-state index in [1.807, 2.05) is 60.7 Å². The molecule has 0 bridgehead atoms. The molecular weight excluding hydrogens is 254 g/mol. The molecule has 2 rings (SSSR count). The molecule has 0 aromatic heterocycles. The molecule has 1 amide bonds. The Balaban J connectivity index is 1.99. The van der Waals surface area contributed by atoms with Crippen molar-refractivity contribution in [2.45, 2.75) is 5.25 Å². The Bertz CT molecular complexity index is 539. The molecule has 0 spiro atoms. The van der Waals surface area contributed by atoms with Crippen molar-refractivity contribution in [1.82, 2.24) is 0 Å². The maximum Gasteiger partial charge on any atom is 0.284 e. The fourth-order valence-corrected chi connectivity index (χ4v) is 2.48. The van der Waals surface area contributed by atoms with Crippen molar-refractivity contribution in [2.24, 2.45) is 0 Å². The van der Waals surface area contributed by atoms with Crippen molar-refractivity contribution in [3.8, 4) is 0 Å². The molecule has 1 N–H and O–H groups in total. The van der Waals surface area contributed by atoms with Gasteiger partial charge >= 0.3 is 0 Å². The molecule has 19 heavy (non-hydrogen) atoms. The van der Waals surface area contributed by atoms with Gasteiger partial charge in [0.1, 0.15) is 0 Å². The van der Waals surface area contributed by atoms with Crippen LogP contribution < -0.4 is 5.32 Å². The van der Waals surface area contributed by atoms with Crippen molar-refractivity contribution in [3.63, 3.8) is 0 Å². The van der Waals surface area contributed by atoms with Crippen LogP contribution in [0.2, 0.25) is 0 Å². The Morgan fingerprint density at radius 2 is 1.63 bits per heavy atom. The number of anilines is 1. The summed E-state index contributed by atoms with van der Waals surface area (Å²) in [7, 11) is 0. The Kier molecular flexibility index (Phi) is 4.81. The van der Waals surface area contributed by atoms with Gasteiger partial charge in [-0.2, -0.15) is 0 Å². The van der Waals surface area contributed by atoms with E-state index in [0.29, 0.717) is 0 Å². The summed E-state index contributed by atoms with van der Waals surface area (Å²) in [6.07, 6.45) is 1.78. The molecule has 0 unspecified atom stereocenters. The average molecular weight is 269 g/mol. The van der Waals surface area contributed by atoms with Crippen molar-refractivity contribution in [1.29, 1.82) is 0 Å². The molecule has 2 aromatic carbocycles. The van der Waals surface area contributed by atoms with E-state index in [-0.39, 0.29) is 10.5 Å². The Morgan fingerprint density at radius 3 is 2.21 bits per heavy atom. The van der Waals surface area contributed by atoms with E-state index in [1.165, 1.54) is 11.8 Å². The molecule has 0 saturated heterocycles. The summed E-state index contributed by atoms with van der Waals surface area (Å²) in [6.45, 7) is 3.80. The number of hydrogen-bond donors (Lipinski definition) is 1. The van der Waals surface area contributed by atoms with Gasteiger partial charge in [0.15, 0.2) is 0 Å². The number of amides is 1. The van der Waals surface area contributed by atoms with E-state index in [9.17, 15) is 4.79 Å². The van der Waals surface area contributed by atoms with Crippen LogP contribution in [0.5, 0.6) is 0 Å². The van der Waals surface area contributed by atoms with E-state index < -0.39 is 0 Å². The molecule has 0 aliphatic rings. The molecular formula is C16H15NOS. The highest BCUT2D eigenvalue weighted by Crippen LogP contribution is 2.30. The molecule has 0 aliphatic carbocycles. The predicted molar refractivity (Wildman–Crippen MR) is 82.4 cm³/mol. The average Bonchev–Trinajstić information content (AvgIpc) is 2.47. The van der Waals surface area contributed by atoms with Gasteiger partial charge in [0.25, 0.3) is 5.24 Å². The maximum atomic E-state index is 12.0. The topological polar surface area (TPSA) is 29.1 Å². The lowest BCUT2D eigenvalue weighted by atomic mass is 10.1. The minimum atomic E-state index is -0.0834. The van der Waals surface area contributed by atoms with Crippen LogP contribution in [0, 0.1) is 0 Å². The third-order valence-corrected chi connectivity index (χ3v) is 3.63. The van der Waals surface area contributed by atoms with Gasteiger partial charge in [-0.05, 0) is 17.7 Å². The van der Waals surface area contributed by atoms with Gasteiger partial charge in [0, 0.05) is 5.69 Å². The molecule has 0 heterocycles. The second-order valence-corrected chi connectivity index (χ2v) is 5.08. The smallest absolute Gasteiger partial charge is 0.284 e. The van der Waals surface area contributed by atoms with Crippen molar-refractivity contribution < 1.29 is 4.79 Å². The first kappa shape index (κ1) is 13.4. The zero-order valence-corrected chi connectivity index (χ0v) is 11.3. The summed E-state index contributed by atoms with van der Waals surface area (Å²) in [5.74, 6) is 0. The predicted octanol–water partition coefficient (Wildman–Crippen LogP) is 4.88. The molecule has 2 aromatic rings. The third-order valence-electron chi connectivity index (χ3n) is 2.60. The van der Waals surface area contributed by atoms with E-state index in [0.717, 1.165) is 11.3 Å². The molecule has 96 valence electrons. The highest BCUT2D eigenvalue weighted by atomic mass is 32.2. The number of carbonyl (C=O) groups excluding carboxylic acids is 1. The number of rotatable bonds is 4. The monoisotopic (exact) mass is 269 g/mol. The summed E-state index contributed by atoms with van der Waals surface area (Å²) < 4.78 is 0. The van der Waals surface area contributed by atoms with Gasteiger partial charge in [0.2, 0.25) is 0 Å². The number of nitrogens with one attached hydrogen (secondary N) is 1. The molecule has 0 saturated carbocycles. The van der Waals surface area contributed by atoms with E-state index >= 15 is 0 Å². The van der Waals surface area contributed by atoms with Crippen LogP contribution in [0.25, 0.3) is 0 Å². The van der Waals surface area contributed by atoms with Crippen LogP contribution in [0.3, 0.4) is 0 Å². The summed E-state index contributed by atoms with van der Waals surface area (Å²) >= 11 is 1.22. The van der Waals surface area contributed by atoms with Crippen LogP contribution in [0.1, 0.15) is 10.8 Å². The minimum absolute atomic E-state index is 0.0371. The lowest BCUT2D eigenvalue weighted by Crippen LogP contribution is -2.07. The van der Waals surface area contributed by atoms with E-state index in [4.69, 9.17) is 0 Å². The van der Waals surface area contributed by atoms with Crippen LogP contribution in [-0.4, -0.2) is 5.24 Å². The highest BCUT2D eigenvalue weighted by molar-refractivity contribution is 8.14. The summed E-state index contributed by atoms with van der Waals surface area (Å²) in [5.41, 5.74) is 1.88. The summed E-state index contributed by atoms with van der Waals surface area (Å²) in [4.78, 5) is 12.0. The van der Waals surface area contributed by atoms with Gasteiger partial charge in [0.05, 0.1) is 5.25 Å². The van der Waals surface area contributed by atoms with Crippen LogP contribution in [0.4, 0.5) is 10.5 Å². The zero-order chi connectivity index (χ0) is 13.5. The van der Waals surface area contributed by atoms with Crippen LogP contribution in [-0.2, 0) is 0 Å². The first-order chi connectivity index (χ1) is 9.29. The molecule has 1 atom stereocenters. The Hall–Kier alpha value is -2.00. The minimum Gasteiger partial charge on any atom is -0.317 e. The van der Waals surface area contributed by atoms with Crippen molar-refractivity contribution in [3.05, 3.63) is 78.9 Å². The van der Waals surface area contributed by atoms with Crippen molar-refractivity contribution in [2.75, 3.05) is 5.32 Å². The first-order valence-electron chi connectivity index (χ1n) is 6.00.